The molecule has 0 spiro atoms. The standard InChI is InChI=1S/C13H14.C13H16/c1-10(2)12-9-5-7-11-6-3-4-8-13(11)12;1-10(2)12-8-7-11-5-3-4-6-13(11)9-12/h3-10H,1-2H3;3-6,9-10H,7-8H2,1-2H3. The average molecular weight is 343 g/mol. The molecular weight excluding hydrogens is 312 g/mol. The Morgan fingerprint density at radius 3 is 2.12 bits per heavy atom. The van der Waals surface area contributed by atoms with Crippen LogP contribution in [0.3, 0.4) is 0 Å². The van der Waals surface area contributed by atoms with Crippen molar-refractivity contribution in [3.05, 3.63) is 89.0 Å². The Kier molecular flexibility index (Phi) is 5.93. The van der Waals surface area contributed by atoms with E-state index in [1.54, 1.807) is 5.57 Å². The molecule has 0 bridgehead atoms. The summed E-state index contributed by atoms with van der Waals surface area (Å²) in [6.07, 6.45) is 4.83. The normalized spacial score (nSPS) is 13.2. The molecule has 3 aromatic rings. The van der Waals surface area contributed by atoms with Crippen LogP contribution in [0.25, 0.3) is 16.8 Å². The molecule has 4 rings (SSSR count). The lowest BCUT2D eigenvalue weighted by Gasteiger charge is -2.18. The summed E-state index contributed by atoms with van der Waals surface area (Å²) in [7, 11) is 0. The summed E-state index contributed by atoms with van der Waals surface area (Å²) in [6.45, 7) is 9.03. The van der Waals surface area contributed by atoms with E-state index in [1.807, 2.05) is 0 Å². The van der Waals surface area contributed by atoms with E-state index in [0.29, 0.717) is 11.8 Å². The predicted molar refractivity (Wildman–Crippen MR) is 116 cm³/mol. The van der Waals surface area contributed by atoms with Crippen molar-refractivity contribution < 1.29 is 0 Å². The van der Waals surface area contributed by atoms with Crippen molar-refractivity contribution in [2.45, 2.75) is 46.5 Å². The van der Waals surface area contributed by atoms with E-state index in [0.717, 1.165) is 0 Å². The van der Waals surface area contributed by atoms with Gasteiger partial charge in [-0.1, -0.05) is 106 Å². The molecule has 0 nitrogen and oxygen atoms in total. The first-order valence-electron chi connectivity index (χ1n) is 9.82. The van der Waals surface area contributed by atoms with Crippen molar-refractivity contribution in [1.29, 1.82) is 0 Å². The molecule has 26 heavy (non-hydrogen) atoms. The fourth-order valence-corrected chi connectivity index (χ4v) is 3.66. The first kappa shape index (κ1) is 18.5. The summed E-state index contributed by atoms with van der Waals surface area (Å²) >= 11 is 0. The fraction of sp³-hybridized carbons (Fsp3) is 0.308. The van der Waals surface area contributed by atoms with Crippen LogP contribution in [0.15, 0.2) is 72.3 Å². The Morgan fingerprint density at radius 2 is 1.35 bits per heavy atom. The third kappa shape index (κ3) is 4.25. The Morgan fingerprint density at radius 1 is 0.654 bits per heavy atom. The number of fused-ring (bicyclic) bond motifs is 2. The van der Waals surface area contributed by atoms with Crippen LogP contribution in [0, 0.1) is 5.92 Å². The van der Waals surface area contributed by atoms with E-state index in [1.165, 1.54) is 40.3 Å². The van der Waals surface area contributed by atoms with Gasteiger partial charge in [-0.25, -0.2) is 0 Å². The van der Waals surface area contributed by atoms with Crippen molar-refractivity contribution >= 4 is 16.8 Å². The molecule has 0 heteroatoms. The highest BCUT2D eigenvalue weighted by Crippen LogP contribution is 2.27. The molecule has 0 saturated heterocycles. The van der Waals surface area contributed by atoms with Gasteiger partial charge in [-0.05, 0) is 52.1 Å². The molecule has 3 aromatic carbocycles. The molecule has 0 radical (unpaired) electrons. The van der Waals surface area contributed by atoms with Crippen LogP contribution in [-0.2, 0) is 6.42 Å². The third-order valence-corrected chi connectivity index (χ3v) is 5.27. The maximum atomic E-state index is 2.36. The predicted octanol–water partition coefficient (Wildman–Crippen LogP) is 7.64. The van der Waals surface area contributed by atoms with Crippen LogP contribution in [-0.4, -0.2) is 0 Å². The summed E-state index contributed by atoms with van der Waals surface area (Å²) in [5.74, 6) is 1.31. The Labute approximate surface area is 158 Å². The van der Waals surface area contributed by atoms with E-state index < -0.39 is 0 Å². The van der Waals surface area contributed by atoms with E-state index >= 15 is 0 Å². The maximum Gasteiger partial charge on any atom is -0.0149 e. The van der Waals surface area contributed by atoms with Crippen molar-refractivity contribution in [1.82, 2.24) is 0 Å². The van der Waals surface area contributed by atoms with Crippen molar-refractivity contribution in [3.8, 4) is 0 Å². The van der Waals surface area contributed by atoms with Crippen LogP contribution in [0.4, 0.5) is 0 Å². The Balaban J connectivity index is 0.000000151. The van der Waals surface area contributed by atoms with Crippen molar-refractivity contribution in [2.75, 3.05) is 0 Å². The zero-order valence-corrected chi connectivity index (χ0v) is 16.5. The SMILES string of the molecule is CC(C)C1=Cc2ccccc2CC1.CC(C)c1cccc2ccccc12. The van der Waals surface area contributed by atoms with Crippen LogP contribution < -0.4 is 0 Å². The summed E-state index contributed by atoms with van der Waals surface area (Å²) in [5, 5.41) is 2.73. The Hall–Kier alpha value is -2.34. The smallest absolute Gasteiger partial charge is 0.0149 e. The minimum atomic E-state index is 0.603. The highest BCUT2D eigenvalue weighted by Gasteiger charge is 2.11. The van der Waals surface area contributed by atoms with Gasteiger partial charge in [-0.15, -0.1) is 0 Å². The molecule has 0 heterocycles. The topological polar surface area (TPSA) is 0 Å². The lowest BCUT2D eigenvalue weighted by atomic mass is 9.87. The Bertz CT molecular complexity index is 891. The van der Waals surface area contributed by atoms with Crippen molar-refractivity contribution in [3.63, 3.8) is 0 Å². The minimum Gasteiger partial charge on any atom is -0.0667 e. The first-order chi connectivity index (χ1) is 12.6. The average Bonchev–Trinajstić information content (AvgIpc) is 2.67. The zero-order chi connectivity index (χ0) is 18.5. The van der Waals surface area contributed by atoms with Crippen LogP contribution >= 0.6 is 0 Å². The molecule has 1 aliphatic rings. The van der Waals surface area contributed by atoms with E-state index in [2.05, 4.69) is 101 Å². The number of hydrogen-bond donors (Lipinski definition) is 0. The lowest BCUT2D eigenvalue weighted by molar-refractivity contribution is 0.709. The second kappa shape index (κ2) is 8.36. The van der Waals surface area contributed by atoms with E-state index in [9.17, 15) is 0 Å². The van der Waals surface area contributed by atoms with Gasteiger partial charge in [0.1, 0.15) is 0 Å². The molecule has 1 aliphatic carbocycles. The molecule has 0 atom stereocenters. The summed E-state index contributed by atoms with van der Waals surface area (Å²) in [6, 6.07) is 23.8. The van der Waals surface area contributed by atoms with Gasteiger partial charge in [0.2, 0.25) is 0 Å². The first-order valence-corrected chi connectivity index (χ1v) is 9.82. The highest BCUT2D eigenvalue weighted by atomic mass is 14.2. The fourth-order valence-electron chi connectivity index (χ4n) is 3.66. The number of benzene rings is 3. The number of allylic oxidation sites excluding steroid dienone is 1. The van der Waals surface area contributed by atoms with Gasteiger partial charge in [-0.3, -0.25) is 0 Å². The molecule has 0 fully saturated rings. The quantitative estimate of drug-likeness (QED) is 0.449. The second-order valence-electron chi connectivity index (χ2n) is 7.80. The van der Waals surface area contributed by atoms with Crippen LogP contribution in [0.5, 0.6) is 0 Å². The van der Waals surface area contributed by atoms with Gasteiger partial charge < -0.3 is 0 Å². The monoisotopic (exact) mass is 342 g/mol. The zero-order valence-electron chi connectivity index (χ0n) is 16.5. The van der Waals surface area contributed by atoms with Gasteiger partial charge in [0.15, 0.2) is 0 Å². The number of aryl methyl sites for hydroxylation is 1. The number of rotatable bonds is 2. The lowest BCUT2D eigenvalue weighted by Crippen LogP contribution is -2.03. The largest absolute Gasteiger partial charge is 0.0667 e. The molecular formula is C26H30. The van der Waals surface area contributed by atoms with Gasteiger partial charge in [0.25, 0.3) is 0 Å². The van der Waals surface area contributed by atoms with E-state index in [4.69, 9.17) is 0 Å². The van der Waals surface area contributed by atoms with Gasteiger partial charge in [0, 0.05) is 0 Å². The summed E-state index contributed by atoms with van der Waals surface area (Å²) in [4.78, 5) is 0. The summed E-state index contributed by atoms with van der Waals surface area (Å²) in [5.41, 5.74) is 5.97. The highest BCUT2D eigenvalue weighted by molar-refractivity contribution is 5.86. The van der Waals surface area contributed by atoms with Gasteiger partial charge >= 0.3 is 0 Å². The molecule has 134 valence electrons. The van der Waals surface area contributed by atoms with E-state index in [-0.39, 0.29) is 0 Å². The van der Waals surface area contributed by atoms with Crippen molar-refractivity contribution in [2.24, 2.45) is 5.92 Å². The molecule has 0 amide bonds. The summed E-state index contributed by atoms with van der Waals surface area (Å²) < 4.78 is 0. The van der Waals surface area contributed by atoms with Gasteiger partial charge in [0.05, 0.1) is 0 Å². The third-order valence-electron chi connectivity index (χ3n) is 5.27. The number of hydrogen-bond acceptors (Lipinski definition) is 0. The van der Waals surface area contributed by atoms with Crippen LogP contribution in [0.2, 0.25) is 0 Å². The molecule has 0 aromatic heterocycles. The molecule has 0 saturated carbocycles. The molecule has 0 aliphatic heterocycles. The van der Waals surface area contributed by atoms with Crippen LogP contribution in [0.1, 0.15) is 56.7 Å². The second-order valence-corrected chi connectivity index (χ2v) is 7.80. The maximum absolute atomic E-state index is 2.36. The molecule has 0 unspecified atom stereocenters. The van der Waals surface area contributed by atoms with Gasteiger partial charge in [-0.2, -0.15) is 0 Å². The molecule has 0 N–H and O–H groups in total. The minimum absolute atomic E-state index is 0.603.